The molecule has 0 aromatic rings. The van der Waals surface area contributed by atoms with Gasteiger partial charge in [0.2, 0.25) is 5.96 Å². The Hall–Kier alpha value is -1.59. The number of methoxy groups -OCH3 is 1. The highest BCUT2D eigenvalue weighted by Crippen LogP contribution is 1.89. The van der Waals surface area contributed by atoms with Gasteiger partial charge in [0.05, 0.1) is 7.11 Å². The Morgan fingerprint density at radius 1 is 1.60 bits per heavy atom. The van der Waals surface area contributed by atoms with Gasteiger partial charge in [0, 0.05) is 0 Å². The van der Waals surface area contributed by atoms with Gasteiger partial charge in [0.25, 0.3) is 5.84 Å². The quantitative estimate of drug-likeness (QED) is 0.446. The van der Waals surface area contributed by atoms with Gasteiger partial charge in [-0.05, 0) is 0 Å². The zero-order chi connectivity index (χ0) is 7.56. The molecule has 6 nitrogen and oxygen atoms in total. The molecule has 1 rings (SSSR count). The number of hydrogen-bond acceptors (Lipinski definition) is 5. The summed E-state index contributed by atoms with van der Waals surface area (Å²) in [5.74, 6) is -0.774. The van der Waals surface area contributed by atoms with E-state index in [1.54, 1.807) is 0 Å². The van der Waals surface area contributed by atoms with Gasteiger partial charge in [0.1, 0.15) is 0 Å². The second kappa shape index (κ2) is 2.34. The topological polar surface area (TPSA) is 91.1 Å². The van der Waals surface area contributed by atoms with Crippen LogP contribution in [0.3, 0.4) is 0 Å². The van der Waals surface area contributed by atoms with Crippen LogP contribution in [0.15, 0.2) is 10.2 Å². The van der Waals surface area contributed by atoms with Gasteiger partial charge in [-0.15, -0.1) is 10.2 Å². The van der Waals surface area contributed by atoms with Crippen LogP contribution in [0.1, 0.15) is 0 Å². The highest BCUT2D eigenvalue weighted by atomic mass is 16.5. The molecule has 0 spiro atoms. The molecule has 0 amide bonds. The molecule has 1 heterocycles. The molecule has 0 unspecified atom stereocenters. The lowest BCUT2D eigenvalue weighted by atomic mass is 10.6. The van der Waals surface area contributed by atoms with Crippen LogP contribution in [0.2, 0.25) is 0 Å². The van der Waals surface area contributed by atoms with Crippen LogP contribution in [0.4, 0.5) is 0 Å². The summed E-state index contributed by atoms with van der Waals surface area (Å²) in [6.07, 6.45) is 0. The van der Waals surface area contributed by atoms with Crippen molar-refractivity contribution in [2.45, 2.75) is 0 Å². The van der Waals surface area contributed by atoms with Crippen LogP contribution < -0.4 is 11.1 Å². The van der Waals surface area contributed by atoms with Crippen molar-refractivity contribution in [1.82, 2.24) is 5.32 Å². The SMILES string of the molecule is COC(=O)C1=NN=C(N)[N]1. The van der Waals surface area contributed by atoms with Crippen molar-refractivity contribution in [3.63, 3.8) is 0 Å². The summed E-state index contributed by atoms with van der Waals surface area (Å²) >= 11 is 0. The molecular weight excluding hydrogens is 136 g/mol. The first-order valence-electron chi connectivity index (χ1n) is 2.45. The molecule has 10 heavy (non-hydrogen) atoms. The van der Waals surface area contributed by atoms with Crippen molar-refractivity contribution < 1.29 is 9.53 Å². The van der Waals surface area contributed by atoms with E-state index in [9.17, 15) is 4.79 Å². The number of guanidine groups is 1. The molecule has 1 aliphatic heterocycles. The summed E-state index contributed by atoms with van der Waals surface area (Å²) in [7, 11) is 1.23. The van der Waals surface area contributed by atoms with Crippen LogP contribution in [0.5, 0.6) is 0 Å². The maximum Gasteiger partial charge on any atom is 0.378 e. The monoisotopic (exact) mass is 141 g/mol. The molecular formula is C4H5N4O2. The molecule has 6 heteroatoms. The molecule has 1 aliphatic rings. The van der Waals surface area contributed by atoms with Crippen molar-refractivity contribution in [2.75, 3.05) is 7.11 Å². The average Bonchev–Trinajstić information content (AvgIpc) is 2.34. The van der Waals surface area contributed by atoms with E-state index in [-0.39, 0.29) is 11.8 Å². The molecule has 0 atom stereocenters. The van der Waals surface area contributed by atoms with Crippen LogP contribution in [0, 0.1) is 0 Å². The smallest absolute Gasteiger partial charge is 0.378 e. The first-order chi connectivity index (χ1) is 4.74. The van der Waals surface area contributed by atoms with Gasteiger partial charge < -0.3 is 10.5 Å². The maximum atomic E-state index is 10.6. The minimum Gasteiger partial charge on any atom is -0.463 e. The van der Waals surface area contributed by atoms with E-state index < -0.39 is 5.97 Å². The van der Waals surface area contributed by atoms with E-state index in [0.29, 0.717) is 0 Å². The Labute approximate surface area is 56.8 Å². The second-order valence-electron chi connectivity index (χ2n) is 1.49. The molecule has 1 radical (unpaired) electrons. The summed E-state index contributed by atoms with van der Waals surface area (Å²) < 4.78 is 4.29. The maximum absolute atomic E-state index is 10.6. The zero-order valence-corrected chi connectivity index (χ0v) is 5.24. The number of carbonyl (C=O) groups is 1. The summed E-state index contributed by atoms with van der Waals surface area (Å²) in [4.78, 5) is 10.6. The number of ether oxygens (including phenoxy) is 1. The first kappa shape index (κ1) is 6.53. The fourth-order valence-corrected chi connectivity index (χ4v) is 0.430. The standard InChI is InChI=1S/C4H5N4O2/c1-10-3(9)2-6-4(5)8-7-2/h1H3,(H2,5,8). The van der Waals surface area contributed by atoms with Gasteiger partial charge in [-0.2, -0.15) is 5.32 Å². The highest BCUT2D eigenvalue weighted by Gasteiger charge is 2.18. The van der Waals surface area contributed by atoms with E-state index in [1.165, 1.54) is 7.11 Å². The van der Waals surface area contributed by atoms with Crippen LogP contribution in [-0.2, 0) is 9.53 Å². The number of nitrogens with zero attached hydrogens (tertiary/aromatic N) is 3. The normalized spacial score (nSPS) is 15.3. The minimum absolute atomic E-state index is 0.0274. The summed E-state index contributed by atoms with van der Waals surface area (Å²) in [5.41, 5.74) is 5.08. The Morgan fingerprint density at radius 2 is 2.30 bits per heavy atom. The Bertz CT molecular complexity index is 219. The third-order valence-corrected chi connectivity index (χ3v) is 0.836. The third-order valence-electron chi connectivity index (χ3n) is 0.836. The van der Waals surface area contributed by atoms with Crippen LogP contribution >= 0.6 is 0 Å². The number of esters is 1. The van der Waals surface area contributed by atoms with Crippen molar-refractivity contribution in [3.05, 3.63) is 0 Å². The van der Waals surface area contributed by atoms with Crippen molar-refractivity contribution in [2.24, 2.45) is 15.9 Å². The van der Waals surface area contributed by atoms with Gasteiger partial charge in [-0.1, -0.05) is 0 Å². The predicted molar refractivity (Wildman–Crippen MR) is 33.2 cm³/mol. The highest BCUT2D eigenvalue weighted by molar-refractivity contribution is 6.39. The van der Waals surface area contributed by atoms with Gasteiger partial charge in [0.15, 0.2) is 0 Å². The third kappa shape index (κ3) is 1.04. The molecule has 0 saturated carbocycles. The Balaban J connectivity index is 2.57. The van der Waals surface area contributed by atoms with E-state index in [1.807, 2.05) is 0 Å². The Morgan fingerprint density at radius 3 is 2.70 bits per heavy atom. The van der Waals surface area contributed by atoms with E-state index in [2.05, 4.69) is 20.3 Å². The molecule has 0 fully saturated rings. The van der Waals surface area contributed by atoms with Gasteiger partial charge in [-0.3, -0.25) is 0 Å². The minimum atomic E-state index is -0.635. The number of hydrogen-bond donors (Lipinski definition) is 1. The van der Waals surface area contributed by atoms with Crippen molar-refractivity contribution >= 4 is 17.8 Å². The molecule has 0 aromatic heterocycles. The van der Waals surface area contributed by atoms with Gasteiger partial charge in [-0.25, -0.2) is 4.79 Å². The van der Waals surface area contributed by atoms with E-state index in [0.717, 1.165) is 0 Å². The molecule has 0 bridgehead atoms. The van der Waals surface area contributed by atoms with Crippen LogP contribution in [-0.4, -0.2) is 24.9 Å². The van der Waals surface area contributed by atoms with Crippen LogP contribution in [0.25, 0.3) is 0 Å². The predicted octanol–water partition coefficient (Wildman–Crippen LogP) is -1.59. The number of nitrogens with two attached hydrogens (primary N) is 1. The average molecular weight is 141 g/mol. The Kier molecular flexibility index (Phi) is 1.53. The number of carbonyl (C=O) groups excluding carboxylic acids is 1. The number of rotatable bonds is 1. The van der Waals surface area contributed by atoms with E-state index >= 15 is 0 Å². The lowest BCUT2D eigenvalue weighted by Gasteiger charge is -1.93. The summed E-state index contributed by atoms with van der Waals surface area (Å²) in [6.45, 7) is 0. The fraction of sp³-hybridized carbons (Fsp3) is 0.250. The molecule has 0 saturated heterocycles. The van der Waals surface area contributed by atoms with Crippen molar-refractivity contribution in [1.29, 1.82) is 0 Å². The van der Waals surface area contributed by atoms with E-state index in [4.69, 9.17) is 5.73 Å². The molecule has 0 aromatic carbocycles. The second-order valence-corrected chi connectivity index (χ2v) is 1.49. The van der Waals surface area contributed by atoms with Crippen molar-refractivity contribution in [3.8, 4) is 0 Å². The molecule has 53 valence electrons. The summed E-state index contributed by atoms with van der Waals surface area (Å²) in [5, 5.41) is 10.1. The lowest BCUT2D eigenvalue weighted by Crippen LogP contribution is -2.31. The van der Waals surface area contributed by atoms with Gasteiger partial charge >= 0.3 is 5.97 Å². The number of amidine groups is 1. The summed E-state index contributed by atoms with van der Waals surface area (Å²) in [6, 6.07) is 0. The lowest BCUT2D eigenvalue weighted by molar-refractivity contribution is -0.132. The fourth-order valence-electron chi connectivity index (χ4n) is 0.430. The first-order valence-corrected chi connectivity index (χ1v) is 2.45. The largest absolute Gasteiger partial charge is 0.463 e. The molecule has 2 N–H and O–H groups in total. The zero-order valence-electron chi connectivity index (χ0n) is 5.24. The molecule has 0 aliphatic carbocycles.